The molecule has 1 fully saturated rings. The van der Waals surface area contributed by atoms with Gasteiger partial charge in [0, 0.05) is 30.5 Å². The number of piperidine rings is 1. The molecule has 2 heterocycles. The molecule has 0 bridgehead atoms. The fourth-order valence-corrected chi connectivity index (χ4v) is 3.46. The van der Waals surface area contributed by atoms with E-state index in [-0.39, 0.29) is 12.3 Å². The second-order valence-corrected chi connectivity index (χ2v) is 6.72. The number of aliphatic carboxylic acids is 1. The third-order valence-electron chi connectivity index (χ3n) is 4.79. The molecule has 1 saturated heterocycles. The van der Waals surface area contributed by atoms with Gasteiger partial charge < -0.3 is 14.4 Å². The lowest BCUT2D eigenvalue weighted by atomic mass is 9.93. The van der Waals surface area contributed by atoms with Gasteiger partial charge in [-0.05, 0) is 43.7 Å². The first-order chi connectivity index (χ1) is 11.5. The number of hydrogen-bond acceptors (Lipinski definition) is 3. The SMILES string of the molecule is Cc1ccc2c(CC(=O)N3CCC[C@H](CCC(=O)O)C3)coc2c1. The minimum atomic E-state index is -0.765. The number of rotatable bonds is 5. The molecular formula is C19H23NO4. The van der Waals surface area contributed by atoms with Crippen LogP contribution in [-0.2, 0) is 16.0 Å². The molecule has 24 heavy (non-hydrogen) atoms. The van der Waals surface area contributed by atoms with Crippen LogP contribution in [0.1, 0.15) is 36.8 Å². The van der Waals surface area contributed by atoms with Crippen LogP contribution < -0.4 is 0 Å². The van der Waals surface area contributed by atoms with E-state index >= 15 is 0 Å². The Morgan fingerprint density at radius 3 is 3.00 bits per heavy atom. The molecule has 1 amide bonds. The standard InChI is InChI=1S/C19H23NO4/c1-13-4-6-16-15(12-24-17(16)9-13)10-18(21)20-8-2-3-14(11-20)5-7-19(22)23/h4,6,9,12,14H,2-3,5,7-8,10-11H2,1H3,(H,22,23)/t14-/m1/s1. The number of carboxylic acids is 1. The van der Waals surface area contributed by atoms with Gasteiger partial charge in [0.05, 0.1) is 12.7 Å². The highest BCUT2D eigenvalue weighted by Gasteiger charge is 2.24. The summed E-state index contributed by atoms with van der Waals surface area (Å²) in [5.41, 5.74) is 2.87. The average Bonchev–Trinajstić information content (AvgIpc) is 2.95. The number of furan rings is 1. The van der Waals surface area contributed by atoms with Crippen molar-refractivity contribution in [3.63, 3.8) is 0 Å². The number of carboxylic acid groups (broad SMARTS) is 1. The number of carbonyl (C=O) groups excluding carboxylic acids is 1. The minimum absolute atomic E-state index is 0.0956. The zero-order valence-corrected chi connectivity index (χ0v) is 14.0. The van der Waals surface area contributed by atoms with Gasteiger partial charge >= 0.3 is 5.97 Å². The van der Waals surface area contributed by atoms with Gasteiger partial charge in [-0.15, -0.1) is 0 Å². The zero-order chi connectivity index (χ0) is 17.1. The summed E-state index contributed by atoms with van der Waals surface area (Å²) in [7, 11) is 0. The summed E-state index contributed by atoms with van der Waals surface area (Å²) in [6.45, 7) is 3.44. The van der Waals surface area contributed by atoms with Crippen molar-refractivity contribution in [2.45, 2.75) is 39.0 Å². The smallest absolute Gasteiger partial charge is 0.303 e. The fourth-order valence-electron chi connectivity index (χ4n) is 3.46. The highest BCUT2D eigenvalue weighted by molar-refractivity contribution is 5.88. The quantitative estimate of drug-likeness (QED) is 0.913. The second-order valence-electron chi connectivity index (χ2n) is 6.72. The number of likely N-dealkylation sites (tertiary alicyclic amines) is 1. The number of amides is 1. The second kappa shape index (κ2) is 7.07. The van der Waals surface area contributed by atoms with E-state index in [0.29, 0.717) is 25.3 Å². The maximum Gasteiger partial charge on any atom is 0.303 e. The van der Waals surface area contributed by atoms with E-state index in [4.69, 9.17) is 9.52 Å². The molecule has 0 saturated carbocycles. The zero-order valence-electron chi connectivity index (χ0n) is 14.0. The number of carbonyl (C=O) groups is 2. The summed E-state index contributed by atoms with van der Waals surface area (Å²) in [5, 5.41) is 9.81. The molecular weight excluding hydrogens is 306 g/mol. The summed E-state index contributed by atoms with van der Waals surface area (Å²) < 4.78 is 5.57. The molecule has 1 aromatic carbocycles. The lowest BCUT2D eigenvalue weighted by molar-refractivity contribution is -0.137. The largest absolute Gasteiger partial charge is 0.481 e. The van der Waals surface area contributed by atoms with Gasteiger partial charge in [-0.2, -0.15) is 0 Å². The number of fused-ring (bicyclic) bond motifs is 1. The monoisotopic (exact) mass is 329 g/mol. The molecule has 0 aliphatic carbocycles. The molecule has 1 aromatic heterocycles. The Kier molecular flexibility index (Phi) is 4.88. The van der Waals surface area contributed by atoms with Crippen molar-refractivity contribution in [3.8, 4) is 0 Å². The lowest BCUT2D eigenvalue weighted by Gasteiger charge is -2.32. The number of benzene rings is 1. The summed E-state index contributed by atoms with van der Waals surface area (Å²) in [6, 6.07) is 6.00. The maximum absolute atomic E-state index is 12.6. The Morgan fingerprint density at radius 2 is 2.21 bits per heavy atom. The van der Waals surface area contributed by atoms with Crippen molar-refractivity contribution in [1.82, 2.24) is 4.90 Å². The van der Waals surface area contributed by atoms with E-state index in [2.05, 4.69) is 0 Å². The van der Waals surface area contributed by atoms with Gasteiger partial charge in [0.25, 0.3) is 0 Å². The van der Waals surface area contributed by atoms with Crippen LogP contribution in [0.4, 0.5) is 0 Å². The van der Waals surface area contributed by atoms with Crippen molar-refractivity contribution in [2.75, 3.05) is 13.1 Å². The maximum atomic E-state index is 12.6. The Morgan fingerprint density at radius 1 is 1.38 bits per heavy atom. The molecule has 3 rings (SSSR count). The van der Waals surface area contributed by atoms with Gasteiger partial charge in [0.2, 0.25) is 5.91 Å². The average molecular weight is 329 g/mol. The number of nitrogens with zero attached hydrogens (tertiary/aromatic N) is 1. The molecule has 0 radical (unpaired) electrons. The first-order valence-corrected chi connectivity index (χ1v) is 8.49. The molecule has 1 aliphatic heterocycles. The molecule has 1 aliphatic rings. The van der Waals surface area contributed by atoms with Crippen LogP contribution in [0.2, 0.25) is 0 Å². The van der Waals surface area contributed by atoms with Crippen LogP contribution in [0.5, 0.6) is 0 Å². The molecule has 5 nitrogen and oxygen atoms in total. The molecule has 0 unspecified atom stereocenters. The van der Waals surface area contributed by atoms with E-state index in [9.17, 15) is 9.59 Å². The molecule has 0 spiro atoms. The Labute approximate surface area is 141 Å². The molecule has 5 heteroatoms. The van der Waals surface area contributed by atoms with Crippen LogP contribution in [0, 0.1) is 12.8 Å². The van der Waals surface area contributed by atoms with Crippen molar-refractivity contribution in [3.05, 3.63) is 35.6 Å². The summed E-state index contributed by atoms with van der Waals surface area (Å²) in [6.07, 6.45) is 4.79. The van der Waals surface area contributed by atoms with Crippen molar-refractivity contribution < 1.29 is 19.1 Å². The van der Waals surface area contributed by atoms with Gasteiger partial charge in [-0.3, -0.25) is 9.59 Å². The highest BCUT2D eigenvalue weighted by atomic mass is 16.4. The van der Waals surface area contributed by atoms with Crippen molar-refractivity contribution in [1.29, 1.82) is 0 Å². The Bertz CT molecular complexity index is 749. The van der Waals surface area contributed by atoms with Crippen LogP contribution in [0.15, 0.2) is 28.9 Å². The van der Waals surface area contributed by atoms with Crippen LogP contribution >= 0.6 is 0 Å². The van der Waals surface area contributed by atoms with E-state index in [1.807, 2.05) is 30.0 Å². The van der Waals surface area contributed by atoms with E-state index in [1.54, 1.807) is 6.26 Å². The third-order valence-corrected chi connectivity index (χ3v) is 4.79. The first kappa shape index (κ1) is 16.6. The van der Waals surface area contributed by atoms with Crippen LogP contribution in [-0.4, -0.2) is 35.0 Å². The van der Waals surface area contributed by atoms with Gasteiger partial charge in [-0.1, -0.05) is 12.1 Å². The van der Waals surface area contributed by atoms with Gasteiger partial charge in [0.1, 0.15) is 5.58 Å². The minimum Gasteiger partial charge on any atom is -0.481 e. The summed E-state index contributed by atoms with van der Waals surface area (Å²) in [5.74, 6) is -0.376. The number of aryl methyl sites for hydroxylation is 1. The highest BCUT2D eigenvalue weighted by Crippen LogP contribution is 2.25. The van der Waals surface area contributed by atoms with Gasteiger partial charge in [-0.25, -0.2) is 0 Å². The molecule has 1 atom stereocenters. The fraction of sp³-hybridized carbons (Fsp3) is 0.474. The predicted molar refractivity (Wildman–Crippen MR) is 90.8 cm³/mol. The summed E-state index contributed by atoms with van der Waals surface area (Å²) >= 11 is 0. The van der Waals surface area contributed by atoms with Crippen LogP contribution in [0.25, 0.3) is 11.0 Å². The van der Waals surface area contributed by atoms with E-state index < -0.39 is 5.97 Å². The summed E-state index contributed by atoms with van der Waals surface area (Å²) in [4.78, 5) is 25.2. The van der Waals surface area contributed by atoms with Crippen molar-refractivity contribution >= 4 is 22.8 Å². The Hall–Kier alpha value is -2.30. The Balaban J connectivity index is 1.64. The lowest BCUT2D eigenvalue weighted by Crippen LogP contribution is -2.40. The molecule has 2 aromatic rings. The molecule has 1 N–H and O–H groups in total. The van der Waals surface area contributed by atoms with Crippen molar-refractivity contribution in [2.24, 2.45) is 5.92 Å². The van der Waals surface area contributed by atoms with Crippen LogP contribution in [0.3, 0.4) is 0 Å². The first-order valence-electron chi connectivity index (χ1n) is 8.49. The van der Waals surface area contributed by atoms with E-state index in [1.165, 1.54) is 0 Å². The molecule has 128 valence electrons. The topological polar surface area (TPSA) is 70.8 Å². The third kappa shape index (κ3) is 3.78. The number of hydrogen-bond donors (Lipinski definition) is 1. The normalized spacial score (nSPS) is 18.0. The van der Waals surface area contributed by atoms with Gasteiger partial charge in [0.15, 0.2) is 0 Å². The predicted octanol–water partition coefficient (Wildman–Crippen LogP) is 3.39. The van der Waals surface area contributed by atoms with E-state index in [0.717, 1.165) is 41.5 Å².